The minimum absolute atomic E-state index is 0.180. The second-order valence-electron chi connectivity index (χ2n) is 7.60. The van der Waals surface area contributed by atoms with E-state index in [1.54, 1.807) is 6.92 Å². The van der Waals surface area contributed by atoms with Crippen LogP contribution in [0, 0.1) is 5.92 Å². The highest BCUT2D eigenvalue weighted by Crippen LogP contribution is 2.12. The van der Waals surface area contributed by atoms with Crippen molar-refractivity contribution < 1.29 is 34.2 Å². The van der Waals surface area contributed by atoms with Crippen molar-refractivity contribution in [2.75, 3.05) is 12.3 Å². The Balaban J connectivity index is 2.93. The molecule has 3 amide bonds. The first kappa shape index (κ1) is 26.7. The Hall–Kier alpha value is -2.34. The number of carbonyl (C=O) groups excluding carboxylic acids is 3. The predicted octanol–water partition coefficient (Wildman–Crippen LogP) is -0.882. The molecule has 12 heteroatoms. The average Bonchev–Trinajstić information content (AvgIpc) is 3.26. The van der Waals surface area contributed by atoms with Gasteiger partial charge in [0.2, 0.25) is 17.7 Å². The van der Waals surface area contributed by atoms with Gasteiger partial charge >= 0.3 is 11.9 Å². The van der Waals surface area contributed by atoms with Crippen LogP contribution in [0.25, 0.3) is 0 Å². The van der Waals surface area contributed by atoms with Crippen LogP contribution >= 0.6 is 12.6 Å². The normalized spacial score (nSPS) is 19.5. The Kier molecular flexibility index (Phi) is 11.3. The number of nitrogens with one attached hydrogen (secondary N) is 4. The lowest BCUT2D eigenvalue weighted by Crippen LogP contribution is -2.58. The van der Waals surface area contributed by atoms with Crippen LogP contribution in [0.3, 0.4) is 0 Å². The van der Waals surface area contributed by atoms with Gasteiger partial charge in [-0.2, -0.15) is 12.6 Å². The summed E-state index contributed by atoms with van der Waals surface area (Å²) in [4.78, 5) is 60.1. The first-order valence-corrected chi connectivity index (χ1v) is 10.9. The molecule has 0 aliphatic carbocycles. The third kappa shape index (κ3) is 8.74. The van der Waals surface area contributed by atoms with Gasteiger partial charge in [-0.05, 0) is 31.7 Å². The van der Waals surface area contributed by atoms with Crippen LogP contribution in [-0.4, -0.2) is 76.3 Å². The van der Waals surface area contributed by atoms with Crippen molar-refractivity contribution in [3.05, 3.63) is 0 Å². The number of aliphatic carboxylic acids is 2. The highest BCUT2D eigenvalue weighted by Gasteiger charge is 2.33. The van der Waals surface area contributed by atoms with Gasteiger partial charge in [0.05, 0.1) is 6.04 Å². The molecule has 0 radical (unpaired) electrons. The van der Waals surface area contributed by atoms with Gasteiger partial charge in [0, 0.05) is 12.2 Å². The summed E-state index contributed by atoms with van der Waals surface area (Å²) >= 11 is 3.87. The predicted molar refractivity (Wildman–Crippen MR) is 115 cm³/mol. The molecule has 0 saturated carbocycles. The molecule has 0 aromatic rings. The van der Waals surface area contributed by atoms with Crippen LogP contribution in [0.1, 0.15) is 46.0 Å². The van der Waals surface area contributed by atoms with Crippen LogP contribution in [0.2, 0.25) is 0 Å². The molecule has 0 bridgehead atoms. The van der Waals surface area contributed by atoms with Crippen molar-refractivity contribution in [1.29, 1.82) is 0 Å². The summed E-state index contributed by atoms with van der Waals surface area (Å²) in [7, 11) is 0. The van der Waals surface area contributed by atoms with E-state index in [0.717, 1.165) is 6.42 Å². The number of carboxylic acids is 2. The Morgan fingerprint density at radius 1 is 1.06 bits per heavy atom. The highest BCUT2D eigenvalue weighted by atomic mass is 32.1. The highest BCUT2D eigenvalue weighted by molar-refractivity contribution is 7.80. The van der Waals surface area contributed by atoms with Crippen molar-refractivity contribution in [2.45, 2.75) is 70.1 Å². The number of amides is 3. The van der Waals surface area contributed by atoms with Gasteiger partial charge in [-0.15, -0.1) is 0 Å². The van der Waals surface area contributed by atoms with E-state index in [0.29, 0.717) is 19.4 Å². The molecule has 1 saturated heterocycles. The lowest BCUT2D eigenvalue weighted by Gasteiger charge is -2.27. The molecule has 11 nitrogen and oxygen atoms in total. The third-order valence-electron chi connectivity index (χ3n) is 5.25. The summed E-state index contributed by atoms with van der Waals surface area (Å²) in [5.41, 5.74) is 0. The van der Waals surface area contributed by atoms with Crippen LogP contribution in [0.4, 0.5) is 0 Å². The standard InChI is InChI=1S/C19H32N4O7S/c1-3-10(2)15(23-16(26)11-5-4-8-20-11)18(28)21-12(6-7-14(24)25)17(27)22-13(9-31)19(29)30/h10-13,15,20,31H,3-9H2,1-2H3,(H,21,28)(H,22,27)(H,23,26)(H,24,25)(H,29,30). The number of hydrogen-bond acceptors (Lipinski definition) is 7. The zero-order chi connectivity index (χ0) is 23.6. The van der Waals surface area contributed by atoms with Crippen LogP contribution in [-0.2, 0) is 24.0 Å². The van der Waals surface area contributed by atoms with E-state index < -0.39 is 54.3 Å². The van der Waals surface area contributed by atoms with Crippen LogP contribution in [0.15, 0.2) is 0 Å². The maximum absolute atomic E-state index is 12.9. The van der Waals surface area contributed by atoms with Gasteiger partial charge in [0.1, 0.15) is 18.1 Å². The summed E-state index contributed by atoms with van der Waals surface area (Å²) in [5, 5.41) is 28.6. The largest absolute Gasteiger partial charge is 0.481 e. The van der Waals surface area contributed by atoms with Gasteiger partial charge in [-0.3, -0.25) is 19.2 Å². The smallest absolute Gasteiger partial charge is 0.327 e. The SMILES string of the molecule is CCC(C)C(NC(=O)C1CCCN1)C(=O)NC(CCC(=O)O)C(=O)NC(CS)C(=O)O. The molecule has 5 unspecified atom stereocenters. The van der Waals surface area contributed by atoms with Crippen molar-refractivity contribution in [3.8, 4) is 0 Å². The zero-order valence-corrected chi connectivity index (χ0v) is 18.6. The summed E-state index contributed by atoms with van der Waals surface area (Å²) in [5.74, 6) is -4.69. The third-order valence-corrected chi connectivity index (χ3v) is 5.61. The number of carboxylic acid groups (broad SMARTS) is 2. The second kappa shape index (κ2) is 13.2. The molecule has 1 rings (SSSR count). The Morgan fingerprint density at radius 2 is 1.71 bits per heavy atom. The van der Waals surface area contributed by atoms with Crippen molar-refractivity contribution >= 4 is 42.3 Å². The Bertz CT molecular complexity index is 670. The molecule has 31 heavy (non-hydrogen) atoms. The van der Waals surface area contributed by atoms with Crippen LogP contribution < -0.4 is 21.3 Å². The van der Waals surface area contributed by atoms with E-state index in [1.165, 1.54) is 0 Å². The fourth-order valence-electron chi connectivity index (χ4n) is 3.12. The molecule has 0 aromatic carbocycles. The zero-order valence-electron chi connectivity index (χ0n) is 17.7. The van der Waals surface area contributed by atoms with Crippen molar-refractivity contribution in [1.82, 2.24) is 21.3 Å². The Morgan fingerprint density at radius 3 is 2.19 bits per heavy atom. The molecular weight excluding hydrogens is 428 g/mol. The molecule has 1 fully saturated rings. The molecule has 0 aromatic heterocycles. The minimum Gasteiger partial charge on any atom is -0.481 e. The van der Waals surface area contributed by atoms with Gasteiger partial charge in [-0.25, -0.2) is 4.79 Å². The van der Waals surface area contributed by atoms with Gasteiger partial charge in [-0.1, -0.05) is 20.3 Å². The maximum atomic E-state index is 12.9. The number of rotatable bonds is 13. The monoisotopic (exact) mass is 460 g/mol. The fraction of sp³-hybridized carbons (Fsp3) is 0.737. The number of carbonyl (C=O) groups is 5. The molecule has 176 valence electrons. The molecule has 1 aliphatic heterocycles. The van der Waals surface area contributed by atoms with Crippen molar-refractivity contribution in [3.63, 3.8) is 0 Å². The molecular formula is C19H32N4O7S. The summed E-state index contributed by atoms with van der Waals surface area (Å²) < 4.78 is 0. The topological polar surface area (TPSA) is 174 Å². The van der Waals surface area contributed by atoms with E-state index in [9.17, 15) is 24.0 Å². The molecule has 5 atom stereocenters. The quantitative estimate of drug-likeness (QED) is 0.173. The van der Waals surface area contributed by atoms with E-state index >= 15 is 0 Å². The van der Waals surface area contributed by atoms with Crippen molar-refractivity contribution in [2.24, 2.45) is 5.92 Å². The molecule has 0 spiro atoms. The number of thiol groups is 1. The molecule has 1 heterocycles. The summed E-state index contributed by atoms with van der Waals surface area (Å²) in [6.45, 7) is 4.34. The fourth-order valence-corrected chi connectivity index (χ4v) is 3.37. The van der Waals surface area contributed by atoms with E-state index in [4.69, 9.17) is 10.2 Å². The summed E-state index contributed by atoms with van der Waals surface area (Å²) in [6, 6.07) is -3.89. The van der Waals surface area contributed by atoms with E-state index in [1.807, 2.05) is 6.92 Å². The molecule has 6 N–H and O–H groups in total. The Labute approximate surface area is 186 Å². The number of hydrogen-bond donors (Lipinski definition) is 7. The van der Waals surface area contributed by atoms with E-state index in [-0.39, 0.29) is 24.0 Å². The first-order valence-electron chi connectivity index (χ1n) is 10.3. The lowest BCUT2D eigenvalue weighted by molar-refractivity contribution is -0.142. The van der Waals surface area contributed by atoms with Gasteiger partial charge < -0.3 is 31.5 Å². The first-order chi connectivity index (χ1) is 14.6. The van der Waals surface area contributed by atoms with Gasteiger partial charge in [0.25, 0.3) is 0 Å². The minimum atomic E-state index is -1.31. The average molecular weight is 461 g/mol. The van der Waals surface area contributed by atoms with Gasteiger partial charge in [0.15, 0.2) is 0 Å². The van der Waals surface area contributed by atoms with E-state index in [2.05, 4.69) is 33.9 Å². The van der Waals surface area contributed by atoms with Crippen LogP contribution in [0.5, 0.6) is 0 Å². The maximum Gasteiger partial charge on any atom is 0.327 e. The molecule has 1 aliphatic rings. The lowest BCUT2D eigenvalue weighted by atomic mass is 9.97. The summed E-state index contributed by atoms with van der Waals surface area (Å²) in [6.07, 6.45) is 1.43. The second-order valence-corrected chi connectivity index (χ2v) is 7.96.